The van der Waals surface area contributed by atoms with Gasteiger partial charge in [0.05, 0.1) is 23.1 Å². The molecule has 4 nitrogen and oxygen atoms in total. The summed E-state index contributed by atoms with van der Waals surface area (Å²) in [5.74, 6) is 0.895. The Morgan fingerprint density at radius 1 is 1.60 bits per heavy atom. The molecule has 2 aromatic rings. The van der Waals surface area contributed by atoms with Crippen LogP contribution in [0.5, 0.6) is 0 Å². The molecule has 0 saturated heterocycles. The summed E-state index contributed by atoms with van der Waals surface area (Å²) < 4.78 is 0. The third kappa shape index (κ3) is 1.97. The molecule has 15 heavy (non-hydrogen) atoms. The molecule has 0 fully saturated rings. The summed E-state index contributed by atoms with van der Waals surface area (Å²) in [4.78, 5) is 7.46. The largest absolute Gasteiger partial charge is 0.342 e. The van der Waals surface area contributed by atoms with E-state index < -0.39 is 6.04 Å². The second-order valence-electron chi connectivity index (χ2n) is 3.61. The molecule has 0 radical (unpaired) electrons. The topological polar surface area (TPSA) is 78.5 Å². The first kappa shape index (κ1) is 9.69. The maximum Gasteiger partial charge on any atom is 0.104 e. The SMILES string of the molecule is Cc1nc2ccc(CC(N)C#N)cc2[nH]1. The van der Waals surface area contributed by atoms with E-state index in [1.807, 2.05) is 31.2 Å². The van der Waals surface area contributed by atoms with Crippen LogP contribution < -0.4 is 5.73 Å². The number of aromatic amines is 1. The van der Waals surface area contributed by atoms with Gasteiger partial charge in [0, 0.05) is 6.42 Å². The number of nitrogens with two attached hydrogens (primary N) is 1. The molecule has 0 spiro atoms. The number of benzene rings is 1. The Morgan fingerprint density at radius 2 is 2.40 bits per heavy atom. The number of rotatable bonds is 2. The summed E-state index contributed by atoms with van der Waals surface area (Å²) in [6.45, 7) is 1.92. The van der Waals surface area contributed by atoms with Crippen LogP contribution in [-0.4, -0.2) is 16.0 Å². The van der Waals surface area contributed by atoms with Crippen molar-refractivity contribution in [1.82, 2.24) is 9.97 Å². The van der Waals surface area contributed by atoms with Crippen molar-refractivity contribution in [1.29, 1.82) is 5.26 Å². The highest BCUT2D eigenvalue weighted by Crippen LogP contribution is 2.14. The zero-order chi connectivity index (χ0) is 10.8. The zero-order valence-corrected chi connectivity index (χ0v) is 8.49. The Bertz CT molecular complexity index is 521. The van der Waals surface area contributed by atoms with Crippen LogP contribution >= 0.6 is 0 Å². The number of imidazole rings is 1. The number of hydrogen-bond acceptors (Lipinski definition) is 3. The molecule has 0 bridgehead atoms. The molecule has 4 heteroatoms. The van der Waals surface area contributed by atoms with E-state index in [-0.39, 0.29) is 0 Å². The highest BCUT2D eigenvalue weighted by Gasteiger charge is 2.04. The van der Waals surface area contributed by atoms with Gasteiger partial charge in [-0.3, -0.25) is 0 Å². The van der Waals surface area contributed by atoms with Crippen molar-refractivity contribution in [2.24, 2.45) is 5.73 Å². The quantitative estimate of drug-likeness (QED) is 0.766. The Balaban J connectivity index is 2.35. The van der Waals surface area contributed by atoms with Crippen molar-refractivity contribution in [3.63, 3.8) is 0 Å². The van der Waals surface area contributed by atoms with Gasteiger partial charge in [-0.05, 0) is 24.6 Å². The van der Waals surface area contributed by atoms with Crippen molar-refractivity contribution >= 4 is 11.0 Å². The van der Waals surface area contributed by atoms with Crippen LogP contribution in [0.15, 0.2) is 18.2 Å². The highest BCUT2D eigenvalue weighted by molar-refractivity contribution is 5.75. The highest BCUT2D eigenvalue weighted by atomic mass is 14.9. The van der Waals surface area contributed by atoms with Gasteiger partial charge in [-0.1, -0.05) is 6.07 Å². The van der Waals surface area contributed by atoms with Gasteiger partial charge in [-0.15, -0.1) is 0 Å². The molecular formula is C11H12N4. The Hall–Kier alpha value is -1.86. The summed E-state index contributed by atoms with van der Waals surface area (Å²) in [5, 5.41) is 8.62. The monoisotopic (exact) mass is 200 g/mol. The molecule has 1 aromatic heterocycles. The lowest BCUT2D eigenvalue weighted by Gasteiger charge is -2.02. The van der Waals surface area contributed by atoms with E-state index in [1.165, 1.54) is 0 Å². The van der Waals surface area contributed by atoms with Gasteiger partial charge >= 0.3 is 0 Å². The van der Waals surface area contributed by atoms with E-state index in [1.54, 1.807) is 0 Å². The smallest absolute Gasteiger partial charge is 0.104 e. The minimum absolute atomic E-state index is 0.438. The number of nitriles is 1. The van der Waals surface area contributed by atoms with Crippen molar-refractivity contribution in [3.8, 4) is 6.07 Å². The standard InChI is InChI=1S/C11H12N4/c1-7-14-10-3-2-8(4-9(13)6-12)5-11(10)15-7/h2-3,5,9H,4,13H2,1H3,(H,14,15). The van der Waals surface area contributed by atoms with Gasteiger partial charge in [0.1, 0.15) is 5.82 Å². The average Bonchev–Trinajstić information content (AvgIpc) is 2.57. The summed E-state index contributed by atoms with van der Waals surface area (Å²) in [6.07, 6.45) is 0.574. The average molecular weight is 200 g/mol. The van der Waals surface area contributed by atoms with Crippen LogP contribution in [-0.2, 0) is 6.42 Å². The minimum Gasteiger partial charge on any atom is -0.342 e. The Morgan fingerprint density at radius 3 is 3.13 bits per heavy atom. The van der Waals surface area contributed by atoms with Crippen molar-refractivity contribution in [2.45, 2.75) is 19.4 Å². The van der Waals surface area contributed by atoms with Crippen LogP contribution in [0, 0.1) is 18.3 Å². The summed E-state index contributed by atoms with van der Waals surface area (Å²) in [5.41, 5.74) is 8.56. The van der Waals surface area contributed by atoms with E-state index >= 15 is 0 Å². The van der Waals surface area contributed by atoms with Crippen molar-refractivity contribution in [3.05, 3.63) is 29.6 Å². The lowest BCUT2D eigenvalue weighted by molar-refractivity contribution is 0.824. The molecule has 1 atom stereocenters. The van der Waals surface area contributed by atoms with Gasteiger partial charge in [0.15, 0.2) is 0 Å². The fourth-order valence-corrected chi connectivity index (χ4v) is 1.61. The third-order valence-corrected chi connectivity index (χ3v) is 2.29. The fraction of sp³-hybridized carbons (Fsp3) is 0.273. The minimum atomic E-state index is -0.438. The van der Waals surface area contributed by atoms with Crippen LogP contribution in [0.1, 0.15) is 11.4 Å². The number of hydrogen-bond donors (Lipinski definition) is 2. The van der Waals surface area contributed by atoms with Gasteiger partial charge in [-0.2, -0.15) is 5.26 Å². The summed E-state index contributed by atoms with van der Waals surface area (Å²) in [6, 6.07) is 7.47. The maximum absolute atomic E-state index is 8.62. The number of H-pyrrole nitrogens is 1. The normalized spacial score (nSPS) is 12.6. The lowest BCUT2D eigenvalue weighted by atomic mass is 10.1. The Kier molecular flexibility index (Phi) is 2.40. The zero-order valence-electron chi connectivity index (χ0n) is 8.49. The molecule has 1 heterocycles. The van der Waals surface area contributed by atoms with Crippen LogP contribution in [0.3, 0.4) is 0 Å². The fourth-order valence-electron chi connectivity index (χ4n) is 1.61. The molecule has 0 saturated carbocycles. The van der Waals surface area contributed by atoms with E-state index in [4.69, 9.17) is 11.0 Å². The Labute approximate surface area is 87.7 Å². The number of fused-ring (bicyclic) bond motifs is 1. The molecule has 0 amide bonds. The van der Waals surface area contributed by atoms with Crippen molar-refractivity contribution < 1.29 is 0 Å². The lowest BCUT2D eigenvalue weighted by Crippen LogP contribution is -2.19. The molecule has 1 unspecified atom stereocenters. The van der Waals surface area contributed by atoms with Crippen LogP contribution in [0.2, 0.25) is 0 Å². The van der Waals surface area contributed by atoms with Crippen molar-refractivity contribution in [2.75, 3.05) is 0 Å². The number of aromatic nitrogens is 2. The predicted molar refractivity (Wildman–Crippen MR) is 58.1 cm³/mol. The summed E-state index contributed by atoms with van der Waals surface area (Å²) >= 11 is 0. The van der Waals surface area contributed by atoms with Crippen LogP contribution in [0.4, 0.5) is 0 Å². The van der Waals surface area contributed by atoms with E-state index in [0.717, 1.165) is 22.4 Å². The molecule has 0 aliphatic carbocycles. The van der Waals surface area contributed by atoms with Gasteiger partial charge < -0.3 is 10.7 Å². The van der Waals surface area contributed by atoms with E-state index in [9.17, 15) is 0 Å². The first-order valence-electron chi connectivity index (χ1n) is 4.79. The molecule has 0 aliphatic rings. The number of nitrogens with zero attached hydrogens (tertiary/aromatic N) is 2. The predicted octanol–water partition coefficient (Wildman–Crippen LogP) is 1.26. The number of nitrogens with one attached hydrogen (secondary N) is 1. The molecule has 1 aromatic carbocycles. The van der Waals surface area contributed by atoms with E-state index in [2.05, 4.69) is 9.97 Å². The van der Waals surface area contributed by atoms with E-state index in [0.29, 0.717) is 6.42 Å². The molecular weight excluding hydrogens is 188 g/mol. The second-order valence-corrected chi connectivity index (χ2v) is 3.61. The van der Waals surface area contributed by atoms with Crippen LogP contribution in [0.25, 0.3) is 11.0 Å². The molecule has 2 rings (SSSR count). The number of aryl methyl sites for hydroxylation is 1. The molecule has 0 aliphatic heterocycles. The van der Waals surface area contributed by atoms with Gasteiger partial charge in [0.2, 0.25) is 0 Å². The molecule has 3 N–H and O–H groups in total. The van der Waals surface area contributed by atoms with Gasteiger partial charge in [0.25, 0.3) is 0 Å². The first-order chi connectivity index (χ1) is 7.19. The summed E-state index contributed by atoms with van der Waals surface area (Å²) in [7, 11) is 0. The third-order valence-electron chi connectivity index (χ3n) is 2.29. The molecule has 76 valence electrons. The second kappa shape index (κ2) is 3.71. The first-order valence-corrected chi connectivity index (χ1v) is 4.79. The van der Waals surface area contributed by atoms with Gasteiger partial charge in [-0.25, -0.2) is 4.98 Å². The maximum atomic E-state index is 8.62.